The summed E-state index contributed by atoms with van der Waals surface area (Å²) in [6.07, 6.45) is 9.86. The number of aromatic nitrogens is 1. The highest BCUT2D eigenvalue weighted by molar-refractivity contribution is 5.09. The van der Waals surface area contributed by atoms with Gasteiger partial charge < -0.3 is 14.8 Å². The summed E-state index contributed by atoms with van der Waals surface area (Å²) < 4.78 is 2.23. The van der Waals surface area contributed by atoms with E-state index in [1.165, 1.54) is 44.3 Å². The summed E-state index contributed by atoms with van der Waals surface area (Å²) in [7, 11) is 0. The molecule has 0 aromatic carbocycles. The van der Waals surface area contributed by atoms with E-state index in [1.54, 1.807) is 0 Å². The van der Waals surface area contributed by atoms with Gasteiger partial charge in [-0.2, -0.15) is 0 Å². The maximum absolute atomic E-state index is 3.55. The summed E-state index contributed by atoms with van der Waals surface area (Å²) in [5, 5.41) is 3.55. The molecule has 108 valence electrons. The van der Waals surface area contributed by atoms with Crippen molar-refractivity contribution in [3.8, 4) is 0 Å². The summed E-state index contributed by atoms with van der Waals surface area (Å²) >= 11 is 0. The predicted octanol–water partition coefficient (Wildman–Crippen LogP) is 2.86. The van der Waals surface area contributed by atoms with Crippen molar-refractivity contribution in [3.05, 3.63) is 24.0 Å². The molecule has 0 spiro atoms. The van der Waals surface area contributed by atoms with Gasteiger partial charge in [-0.05, 0) is 64.4 Å². The average Bonchev–Trinajstić information content (AvgIpc) is 2.88. The molecule has 1 saturated heterocycles. The van der Waals surface area contributed by atoms with Crippen molar-refractivity contribution >= 4 is 0 Å². The molecule has 1 fully saturated rings. The van der Waals surface area contributed by atoms with Crippen molar-refractivity contribution in [1.82, 2.24) is 14.8 Å². The molecule has 1 aliphatic heterocycles. The van der Waals surface area contributed by atoms with Crippen LogP contribution < -0.4 is 5.32 Å². The van der Waals surface area contributed by atoms with Crippen LogP contribution in [-0.2, 0) is 13.1 Å². The van der Waals surface area contributed by atoms with Gasteiger partial charge in [0, 0.05) is 31.5 Å². The second-order valence-corrected chi connectivity index (χ2v) is 5.76. The van der Waals surface area contributed by atoms with Crippen molar-refractivity contribution in [2.75, 3.05) is 19.6 Å². The topological polar surface area (TPSA) is 20.2 Å². The standard InChI is InChI=1S/C16H29N3/c1-3-18-12-8-16(14-18)13-17-9-6-11-19-10-5-4-7-15(19)2/h8,12,14-15,17H,3-7,9-11,13H2,1-2H3. The van der Waals surface area contributed by atoms with E-state index < -0.39 is 0 Å². The molecular weight excluding hydrogens is 234 g/mol. The lowest BCUT2D eigenvalue weighted by Gasteiger charge is -2.33. The van der Waals surface area contributed by atoms with Crippen molar-refractivity contribution in [1.29, 1.82) is 0 Å². The Hall–Kier alpha value is -0.800. The Morgan fingerprint density at radius 3 is 3.00 bits per heavy atom. The Bertz CT molecular complexity index is 359. The number of likely N-dealkylation sites (tertiary alicyclic amines) is 1. The molecule has 0 amide bonds. The van der Waals surface area contributed by atoms with Crippen LogP contribution in [0.3, 0.4) is 0 Å². The molecule has 1 aromatic rings. The molecule has 1 aliphatic rings. The fraction of sp³-hybridized carbons (Fsp3) is 0.750. The highest BCUT2D eigenvalue weighted by Crippen LogP contribution is 2.16. The zero-order valence-corrected chi connectivity index (χ0v) is 12.6. The Balaban J connectivity index is 1.56. The van der Waals surface area contributed by atoms with Gasteiger partial charge in [0.2, 0.25) is 0 Å². The van der Waals surface area contributed by atoms with Crippen LogP contribution in [0.1, 0.15) is 45.1 Å². The number of nitrogens with zero attached hydrogens (tertiary/aromatic N) is 2. The molecular formula is C16H29N3. The summed E-state index contributed by atoms with van der Waals surface area (Å²) in [4.78, 5) is 2.65. The third-order valence-electron chi connectivity index (χ3n) is 4.25. The van der Waals surface area contributed by atoms with Gasteiger partial charge in [0.05, 0.1) is 0 Å². The summed E-state index contributed by atoms with van der Waals surface area (Å²) in [6, 6.07) is 3.01. The number of piperidine rings is 1. The van der Waals surface area contributed by atoms with Crippen LogP contribution in [0.15, 0.2) is 18.5 Å². The third-order valence-corrected chi connectivity index (χ3v) is 4.25. The first-order chi connectivity index (χ1) is 9.29. The molecule has 2 rings (SSSR count). The summed E-state index contributed by atoms with van der Waals surface area (Å²) in [5.74, 6) is 0. The zero-order valence-electron chi connectivity index (χ0n) is 12.6. The lowest BCUT2D eigenvalue weighted by Crippen LogP contribution is -2.38. The first kappa shape index (κ1) is 14.6. The number of aryl methyl sites for hydroxylation is 1. The minimum atomic E-state index is 0.798. The highest BCUT2D eigenvalue weighted by atomic mass is 15.2. The quantitative estimate of drug-likeness (QED) is 0.763. The first-order valence-electron chi connectivity index (χ1n) is 7.89. The second-order valence-electron chi connectivity index (χ2n) is 5.76. The second kappa shape index (κ2) is 7.71. The first-order valence-corrected chi connectivity index (χ1v) is 7.89. The Labute approximate surface area is 118 Å². The smallest absolute Gasteiger partial charge is 0.0220 e. The Morgan fingerprint density at radius 2 is 2.26 bits per heavy atom. The van der Waals surface area contributed by atoms with Crippen molar-refractivity contribution in [2.24, 2.45) is 0 Å². The Morgan fingerprint density at radius 1 is 1.37 bits per heavy atom. The molecule has 2 heterocycles. The van der Waals surface area contributed by atoms with E-state index in [9.17, 15) is 0 Å². The summed E-state index contributed by atoms with van der Waals surface area (Å²) in [6.45, 7) is 10.3. The van der Waals surface area contributed by atoms with Gasteiger partial charge in [0.15, 0.2) is 0 Å². The zero-order chi connectivity index (χ0) is 13.5. The van der Waals surface area contributed by atoms with E-state index in [-0.39, 0.29) is 0 Å². The van der Waals surface area contributed by atoms with Crippen LogP contribution in [0.4, 0.5) is 0 Å². The molecule has 0 aliphatic carbocycles. The third kappa shape index (κ3) is 4.66. The lowest BCUT2D eigenvalue weighted by atomic mass is 10.0. The molecule has 1 N–H and O–H groups in total. The van der Waals surface area contributed by atoms with E-state index >= 15 is 0 Å². The maximum atomic E-state index is 3.55. The molecule has 1 aromatic heterocycles. The predicted molar refractivity (Wildman–Crippen MR) is 81.3 cm³/mol. The number of rotatable bonds is 7. The lowest BCUT2D eigenvalue weighted by molar-refractivity contribution is 0.159. The normalized spacial score (nSPS) is 20.8. The molecule has 3 nitrogen and oxygen atoms in total. The summed E-state index contributed by atoms with van der Waals surface area (Å²) in [5.41, 5.74) is 1.40. The molecule has 1 atom stereocenters. The van der Waals surface area contributed by atoms with Crippen LogP contribution >= 0.6 is 0 Å². The maximum Gasteiger partial charge on any atom is 0.0220 e. The molecule has 0 radical (unpaired) electrons. The molecule has 19 heavy (non-hydrogen) atoms. The number of hydrogen-bond donors (Lipinski definition) is 1. The van der Waals surface area contributed by atoms with E-state index in [0.29, 0.717) is 0 Å². The fourth-order valence-corrected chi connectivity index (χ4v) is 2.92. The van der Waals surface area contributed by atoms with Gasteiger partial charge in [0.25, 0.3) is 0 Å². The number of nitrogens with one attached hydrogen (secondary N) is 1. The van der Waals surface area contributed by atoms with Gasteiger partial charge in [-0.1, -0.05) is 6.42 Å². The van der Waals surface area contributed by atoms with Gasteiger partial charge in [-0.25, -0.2) is 0 Å². The van der Waals surface area contributed by atoms with E-state index in [1.807, 2.05) is 0 Å². The van der Waals surface area contributed by atoms with Crippen LogP contribution in [0.5, 0.6) is 0 Å². The minimum Gasteiger partial charge on any atom is -0.354 e. The van der Waals surface area contributed by atoms with Gasteiger partial charge in [-0.15, -0.1) is 0 Å². The van der Waals surface area contributed by atoms with Gasteiger partial charge in [0.1, 0.15) is 0 Å². The van der Waals surface area contributed by atoms with E-state index in [4.69, 9.17) is 0 Å². The van der Waals surface area contributed by atoms with Crippen LogP contribution in [0, 0.1) is 0 Å². The van der Waals surface area contributed by atoms with E-state index in [0.717, 1.165) is 25.7 Å². The van der Waals surface area contributed by atoms with Crippen LogP contribution in [-0.4, -0.2) is 35.1 Å². The highest BCUT2D eigenvalue weighted by Gasteiger charge is 2.16. The molecule has 3 heteroatoms. The SMILES string of the molecule is CCn1ccc(CNCCCN2CCCCC2C)c1. The van der Waals surface area contributed by atoms with Crippen molar-refractivity contribution < 1.29 is 0 Å². The van der Waals surface area contributed by atoms with Gasteiger partial charge in [-0.3, -0.25) is 0 Å². The molecule has 0 bridgehead atoms. The van der Waals surface area contributed by atoms with Crippen molar-refractivity contribution in [2.45, 2.75) is 58.7 Å². The number of hydrogen-bond acceptors (Lipinski definition) is 2. The fourth-order valence-electron chi connectivity index (χ4n) is 2.92. The molecule has 0 saturated carbocycles. The van der Waals surface area contributed by atoms with Crippen LogP contribution in [0.2, 0.25) is 0 Å². The Kier molecular flexibility index (Phi) is 5.93. The van der Waals surface area contributed by atoms with Gasteiger partial charge >= 0.3 is 0 Å². The van der Waals surface area contributed by atoms with Crippen LogP contribution in [0.25, 0.3) is 0 Å². The minimum absolute atomic E-state index is 0.798. The van der Waals surface area contributed by atoms with E-state index in [2.05, 4.69) is 47.1 Å². The average molecular weight is 263 g/mol. The van der Waals surface area contributed by atoms with Crippen molar-refractivity contribution in [3.63, 3.8) is 0 Å². The largest absolute Gasteiger partial charge is 0.354 e. The monoisotopic (exact) mass is 263 g/mol. The molecule has 1 unspecified atom stereocenters.